The molecule has 0 aromatic heterocycles. The van der Waals surface area contributed by atoms with Crippen molar-refractivity contribution in [1.82, 2.24) is 25.8 Å². The zero-order valence-corrected chi connectivity index (χ0v) is 30.9. The highest BCUT2D eigenvalue weighted by Crippen LogP contribution is 2.13. The molecule has 296 valence electrons. The molecule has 0 spiro atoms. The minimum Gasteiger partial charge on any atom is -0.453 e. The Hall–Kier alpha value is -6.98. The van der Waals surface area contributed by atoms with Crippen LogP contribution in [-0.4, -0.2) is 97.2 Å². The summed E-state index contributed by atoms with van der Waals surface area (Å²) in [6.45, 7) is -0.516. The summed E-state index contributed by atoms with van der Waals surface area (Å²) < 4.78 is 20.6. The molecule has 1 aliphatic rings. The molecule has 0 bridgehead atoms. The Bertz CT molecular complexity index is 1860. The number of nitrogens with two attached hydrogens (primary N) is 1. The molecule has 5 N–H and O–H groups in total. The maximum atomic E-state index is 13.5. The zero-order valence-electron chi connectivity index (χ0n) is 30.9. The molecule has 6 amide bonds. The lowest BCUT2D eigenvalue weighted by atomic mass is 10.1. The van der Waals surface area contributed by atoms with E-state index in [1.54, 1.807) is 72.8 Å². The zero-order chi connectivity index (χ0) is 40.3. The van der Waals surface area contributed by atoms with Gasteiger partial charge in [-0.15, -0.1) is 4.99 Å². The number of likely N-dealkylation sites (N-methyl/N-ethyl adjacent to an activating group) is 1. The second-order valence-corrected chi connectivity index (χ2v) is 12.3. The van der Waals surface area contributed by atoms with Crippen LogP contribution in [0.1, 0.15) is 36.0 Å². The number of nitrogens with one attached hydrogen (secondary N) is 3. The molecular weight excluding hydrogens is 728 g/mol. The van der Waals surface area contributed by atoms with Crippen molar-refractivity contribution in [2.24, 2.45) is 15.7 Å². The van der Waals surface area contributed by atoms with E-state index in [-0.39, 0.29) is 58.1 Å². The summed E-state index contributed by atoms with van der Waals surface area (Å²) >= 11 is 0. The highest BCUT2D eigenvalue weighted by atomic mass is 16.6. The molecule has 2 atom stereocenters. The molecular formula is C38H44N8O10. The van der Waals surface area contributed by atoms with E-state index in [2.05, 4.69) is 30.7 Å². The third-order valence-corrected chi connectivity index (χ3v) is 8.24. The lowest BCUT2D eigenvalue weighted by Gasteiger charge is -2.30. The first kappa shape index (κ1) is 41.8. The number of methoxy groups -OCH3 is 1. The molecule has 1 heterocycles. The van der Waals surface area contributed by atoms with E-state index in [4.69, 9.17) is 19.9 Å². The van der Waals surface area contributed by atoms with E-state index in [9.17, 15) is 28.8 Å². The van der Waals surface area contributed by atoms with Gasteiger partial charge in [-0.3, -0.25) is 20.2 Å². The van der Waals surface area contributed by atoms with Crippen LogP contribution >= 0.6 is 0 Å². The number of rotatable bonds is 14. The van der Waals surface area contributed by atoms with Gasteiger partial charge in [-0.2, -0.15) is 0 Å². The molecule has 56 heavy (non-hydrogen) atoms. The summed E-state index contributed by atoms with van der Waals surface area (Å²) in [4.78, 5) is 86.7. The lowest BCUT2D eigenvalue weighted by molar-refractivity contribution is -0.138. The smallest absolute Gasteiger partial charge is 0.437 e. The summed E-state index contributed by atoms with van der Waals surface area (Å²) in [7, 11) is 2.56. The van der Waals surface area contributed by atoms with Gasteiger partial charge >= 0.3 is 24.4 Å². The van der Waals surface area contributed by atoms with Crippen molar-refractivity contribution in [3.05, 3.63) is 108 Å². The minimum absolute atomic E-state index is 0.0379. The van der Waals surface area contributed by atoms with E-state index in [0.717, 1.165) is 17.6 Å². The molecule has 1 aliphatic heterocycles. The van der Waals surface area contributed by atoms with Crippen molar-refractivity contribution < 1.29 is 47.7 Å². The molecule has 0 radical (unpaired) electrons. The number of benzene rings is 3. The van der Waals surface area contributed by atoms with Crippen molar-refractivity contribution in [1.29, 1.82) is 0 Å². The second-order valence-electron chi connectivity index (χ2n) is 12.3. The molecule has 0 aliphatic carbocycles. The number of guanidine groups is 2. The van der Waals surface area contributed by atoms with Crippen LogP contribution in [0.2, 0.25) is 0 Å². The number of carbonyl (C=O) groups excluding carboxylic acids is 6. The van der Waals surface area contributed by atoms with Crippen LogP contribution < -0.4 is 21.7 Å². The monoisotopic (exact) mass is 772 g/mol. The normalized spacial score (nSPS) is 14.2. The third-order valence-electron chi connectivity index (χ3n) is 8.24. The first-order valence-electron chi connectivity index (χ1n) is 17.5. The van der Waals surface area contributed by atoms with Crippen molar-refractivity contribution in [2.75, 3.05) is 27.2 Å². The van der Waals surface area contributed by atoms with E-state index >= 15 is 0 Å². The standard InChI is InChI=1S/C38H44N8O10/c1-45(30-22-40-34(42-32(30)48)44-35(49)53-2)31(47)21-29(41-36(50)54-23-26-13-6-3-7-14-26)19-12-20-46(38(52)56-25-28-17-10-5-11-18-28)33(39)43-37(51)55-24-27-15-8-4-9-16-27/h3-11,13-18,29-30H,12,19-25H2,1-2H3,(H,41,50)(H2,39,43,51)(H2,40,42,44,48,49)/t29-,30?/m0/s1. The summed E-state index contributed by atoms with van der Waals surface area (Å²) in [6.07, 6.45) is -3.66. The highest BCUT2D eigenvalue weighted by Gasteiger charge is 2.32. The van der Waals surface area contributed by atoms with E-state index in [1.807, 2.05) is 18.2 Å². The van der Waals surface area contributed by atoms with Crippen LogP contribution in [0.4, 0.5) is 19.2 Å². The van der Waals surface area contributed by atoms with Gasteiger partial charge in [0, 0.05) is 26.1 Å². The number of carbonyl (C=O) groups is 6. The quantitative estimate of drug-likeness (QED) is 0.105. The number of hydrogen-bond acceptors (Lipinski definition) is 11. The molecule has 0 fully saturated rings. The Morgan fingerprint density at radius 2 is 1.41 bits per heavy atom. The Balaban J connectivity index is 1.45. The number of nitrogens with zero attached hydrogens (tertiary/aromatic N) is 4. The van der Waals surface area contributed by atoms with E-state index in [1.165, 1.54) is 11.9 Å². The molecule has 4 rings (SSSR count). The maximum Gasteiger partial charge on any atom is 0.437 e. The first-order chi connectivity index (χ1) is 27.0. The fraction of sp³-hybridized carbons (Fsp3) is 0.316. The van der Waals surface area contributed by atoms with Crippen LogP contribution in [0.3, 0.4) is 0 Å². The second kappa shape index (κ2) is 21.7. The SMILES string of the molecule is COC(=O)NC1=NCC(N(C)C(=O)C[C@H](CCCN(C(=O)OCc2ccccc2)/C(N)=N/C(=O)OCc2ccccc2)NC(=O)OCc2ccccc2)C(=O)N1. The van der Waals surface area contributed by atoms with Crippen molar-refractivity contribution in [3.63, 3.8) is 0 Å². The first-order valence-corrected chi connectivity index (χ1v) is 17.5. The predicted octanol–water partition coefficient (Wildman–Crippen LogP) is 3.41. The van der Waals surface area contributed by atoms with Gasteiger partial charge in [-0.25, -0.2) is 29.1 Å². The molecule has 3 aromatic carbocycles. The van der Waals surface area contributed by atoms with Crippen LogP contribution in [0, 0.1) is 0 Å². The van der Waals surface area contributed by atoms with Crippen molar-refractivity contribution in [2.45, 2.75) is 51.2 Å². The fourth-order valence-electron chi connectivity index (χ4n) is 5.20. The van der Waals surface area contributed by atoms with Crippen LogP contribution in [0.25, 0.3) is 0 Å². The number of hydrogen-bond donors (Lipinski definition) is 4. The number of aliphatic imine (C=N–C) groups is 2. The summed E-state index contributed by atoms with van der Waals surface area (Å²) in [5, 5.41) is 7.38. The number of amides is 6. The maximum absolute atomic E-state index is 13.5. The lowest BCUT2D eigenvalue weighted by Crippen LogP contribution is -2.57. The Labute approximate surface area is 323 Å². The summed E-state index contributed by atoms with van der Waals surface area (Å²) in [5.41, 5.74) is 8.31. The summed E-state index contributed by atoms with van der Waals surface area (Å²) in [6, 6.07) is 24.9. The Morgan fingerprint density at radius 1 is 0.857 bits per heavy atom. The Morgan fingerprint density at radius 3 is 1.96 bits per heavy atom. The van der Waals surface area contributed by atoms with Gasteiger partial charge in [0.1, 0.15) is 25.9 Å². The van der Waals surface area contributed by atoms with Crippen LogP contribution in [-0.2, 0) is 48.4 Å². The average molecular weight is 773 g/mol. The molecule has 3 aromatic rings. The third kappa shape index (κ3) is 13.8. The molecule has 18 nitrogen and oxygen atoms in total. The highest BCUT2D eigenvalue weighted by molar-refractivity contribution is 6.06. The topological polar surface area (TPSA) is 233 Å². The Kier molecular flexibility index (Phi) is 16.2. The van der Waals surface area contributed by atoms with Gasteiger partial charge in [0.05, 0.1) is 13.7 Å². The molecule has 0 saturated heterocycles. The fourth-order valence-corrected chi connectivity index (χ4v) is 5.20. The number of alkyl carbamates (subject to hydrolysis) is 2. The minimum atomic E-state index is -1.04. The van der Waals surface area contributed by atoms with Gasteiger partial charge in [-0.05, 0) is 29.5 Å². The van der Waals surface area contributed by atoms with Crippen LogP contribution in [0.5, 0.6) is 0 Å². The summed E-state index contributed by atoms with van der Waals surface area (Å²) in [5.74, 6) is -1.75. The van der Waals surface area contributed by atoms with Gasteiger partial charge in [0.15, 0.2) is 0 Å². The van der Waals surface area contributed by atoms with E-state index < -0.39 is 54.2 Å². The van der Waals surface area contributed by atoms with Gasteiger partial charge < -0.3 is 34.9 Å². The predicted molar refractivity (Wildman–Crippen MR) is 202 cm³/mol. The van der Waals surface area contributed by atoms with Crippen molar-refractivity contribution >= 4 is 48.1 Å². The van der Waals surface area contributed by atoms with E-state index in [0.29, 0.717) is 11.1 Å². The van der Waals surface area contributed by atoms with Gasteiger partial charge in [0.2, 0.25) is 17.8 Å². The largest absolute Gasteiger partial charge is 0.453 e. The van der Waals surface area contributed by atoms with Crippen LogP contribution in [0.15, 0.2) is 101 Å². The van der Waals surface area contributed by atoms with Crippen molar-refractivity contribution in [3.8, 4) is 0 Å². The van der Waals surface area contributed by atoms with Gasteiger partial charge in [-0.1, -0.05) is 91.0 Å². The van der Waals surface area contributed by atoms with Gasteiger partial charge in [0.25, 0.3) is 5.91 Å². The average Bonchev–Trinajstić information content (AvgIpc) is 3.20. The molecule has 1 unspecified atom stereocenters. The molecule has 18 heteroatoms. The molecule has 0 saturated carbocycles. The number of ether oxygens (including phenoxy) is 4.